The molecule has 0 unspecified atom stereocenters. The molecule has 0 bridgehead atoms. The van der Waals surface area contributed by atoms with Gasteiger partial charge in [0.2, 0.25) is 0 Å². The zero-order chi connectivity index (χ0) is 11.7. The second-order valence-electron chi connectivity index (χ2n) is 3.37. The van der Waals surface area contributed by atoms with E-state index in [4.69, 9.17) is 17.3 Å². The molecule has 0 saturated carbocycles. The number of nitrogens with two attached hydrogens (primary N) is 1. The third-order valence-electron chi connectivity index (χ3n) is 2.29. The topological polar surface area (TPSA) is 46.2 Å². The maximum absolute atomic E-state index is 13.2. The first-order chi connectivity index (χ1) is 7.59. The van der Waals surface area contributed by atoms with Crippen molar-refractivity contribution in [3.8, 4) is 16.9 Å². The summed E-state index contributed by atoms with van der Waals surface area (Å²) in [5, 5.41) is 9.49. The van der Waals surface area contributed by atoms with Gasteiger partial charge in [0.05, 0.1) is 10.7 Å². The van der Waals surface area contributed by atoms with Crippen LogP contribution < -0.4 is 5.73 Å². The Morgan fingerprint density at radius 3 is 2.62 bits per heavy atom. The maximum Gasteiger partial charge on any atom is 0.142 e. The molecule has 0 aromatic heterocycles. The monoisotopic (exact) mass is 237 g/mol. The fourth-order valence-electron chi connectivity index (χ4n) is 1.44. The molecule has 3 N–H and O–H groups in total. The zero-order valence-corrected chi connectivity index (χ0v) is 9.00. The van der Waals surface area contributed by atoms with Gasteiger partial charge in [-0.2, -0.15) is 0 Å². The number of nitrogen functional groups attached to an aromatic ring is 1. The SMILES string of the molecule is Nc1ccc(-c2cccc(F)c2Cl)cc1O. The molecule has 82 valence electrons. The predicted molar refractivity (Wildman–Crippen MR) is 62.9 cm³/mol. The molecule has 2 aromatic rings. The van der Waals surface area contributed by atoms with Crippen LogP contribution in [0.1, 0.15) is 0 Å². The van der Waals surface area contributed by atoms with Crippen molar-refractivity contribution in [1.82, 2.24) is 0 Å². The maximum atomic E-state index is 13.2. The van der Waals surface area contributed by atoms with E-state index >= 15 is 0 Å². The lowest BCUT2D eigenvalue weighted by molar-refractivity contribution is 0.478. The van der Waals surface area contributed by atoms with Crippen LogP contribution in [0, 0.1) is 5.82 Å². The van der Waals surface area contributed by atoms with Crippen molar-refractivity contribution in [2.75, 3.05) is 5.73 Å². The second kappa shape index (κ2) is 4.02. The van der Waals surface area contributed by atoms with Gasteiger partial charge >= 0.3 is 0 Å². The van der Waals surface area contributed by atoms with Gasteiger partial charge in [0.25, 0.3) is 0 Å². The van der Waals surface area contributed by atoms with Gasteiger partial charge in [-0.1, -0.05) is 29.8 Å². The Hall–Kier alpha value is -1.74. The molecule has 0 saturated heterocycles. The minimum absolute atomic E-state index is 0.0340. The van der Waals surface area contributed by atoms with Crippen LogP contribution in [0.25, 0.3) is 11.1 Å². The number of hydrogen-bond acceptors (Lipinski definition) is 2. The highest BCUT2D eigenvalue weighted by molar-refractivity contribution is 6.33. The molecule has 2 aromatic carbocycles. The van der Waals surface area contributed by atoms with Gasteiger partial charge in [-0.25, -0.2) is 4.39 Å². The number of halogens is 2. The Labute approximate surface area is 97.1 Å². The van der Waals surface area contributed by atoms with E-state index in [2.05, 4.69) is 0 Å². The molecule has 4 heteroatoms. The minimum atomic E-state index is -0.490. The number of benzene rings is 2. The lowest BCUT2D eigenvalue weighted by Crippen LogP contribution is -1.87. The molecule has 0 aliphatic heterocycles. The summed E-state index contributed by atoms with van der Waals surface area (Å²) in [7, 11) is 0. The minimum Gasteiger partial charge on any atom is -0.506 e. The molecule has 0 aliphatic rings. The summed E-state index contributed by atoms with van der Waals surface area (Å²) < 4.78 is 13.2. The lowest BCUT2D eigenvalue weighted by atomic mass is 10.0. The third kappa shape index (κ3) is 1.82. The van der Waals surface area contributed by atoms with Crippen LogP contribution in [0.2, 0.25) is 5.02 Å². The van der Waals surface area contributed by atoms with Gasteiger partial charge in [-0.15, -0.1) is 0 Å². The molecule has 0 atom stereocenters. The molecule has 2 rings (SSSR count). The van der Waals surface area contributed by atoms with Crippen LogP contribution in [-0.2, 0) is 0 Å². The average Bonchev–Trinajstić information content (AvgIpc) is 2.26. The van der Waals surface area contributed by atoms with Crippen LogP contribution >= 0.6 is 11.6 Å². The molecule has 16 heavy (non-hydrogen) atoms. The fraction of sp³-hybridized carbons (Fsp3) is 0. The van der Waals surface area contributed by atoms with E-state index in [-0.39, 0.29) is 16.5 Å². The van der Waals surface area contributed by atoms with Crippen LogP contribution in [-0.4, -0.2) is 5.11 Å². The highest BCUT2D eigenvalue weighted by Gasteiger charge is 2.09. The molecular formula is C12H9ClFNO. The van der Waals surface area contributed by atoms with Gasteiger partial charge in [0, 0.05) is 5.56 Å². The highest BCUT2D eigenvalue weighted by atomic mass is 35.5. The van der Waals surface area contributed by atoms with E-state index in [1.807, 2.05) is 0 Å². The van der Waals surface area contributed by atoms with E-state index in [1.54, 1.807) is 24.3 Å². The van der Waals surface area contributed by atoms with Gasteiger partial charge in [-0.3, -0.25) is 0 Å². The normalized spacial score (nSPS) is 10.4. The molecular weight excluding hydrogens is 229 g/mol. The number of rotatable bonds is 1. The predicted octanol–water partition coefficient (Wildman–Crippen LogP) is 3.43. The zero-order valence-electron chi connectivity index (χ0n) is 8.24. The van der Waals surface area contributed by atoms with Gasteiger partial charge in [0.1, 0.15) is 11.6 Å². The first kappa shape index (κ1) is 10.8. The smallest absolute Gasteiger partial charge is 0.142 e. The van der Waals surface area contributed by atoms with Crippen molar-refractivity contribution in [1.29, 1.82) is 0 Å². The summed E-state index contributed by atoms with van der Waals surface area (Å²) in [5.41, 5.74) is 6.90. The number of aromatic hydroxyl groups is 1. The largest absolute Gasteiger partial charge is 0.506 e. The summed E-state index contributed by atoms with van der Waals surface area (Å²) in [4.78, 5) is 0. The summed E-state index contributed by atoms with van der Waals surface area (Å²) >= 11 is 5.83. The molecule has 0 fully saturated rings. The molecule has 0 radical (unpaired) electrons. The van der Waals surface area contributed by atoms with Gasteiger partial charge in [-0.05, 0) is 23.8 Å². The van der Waals surface area contributed by atoms with E-state index in [9.17, 15) is 9.50 Å². The Balaban J connectivity index is 2.59. The van der Waals surface area contributed by atoms with Crippen LogP contribution in [0.15, 0.2) is 36.4 Å². The Morgan fingerprint density at radius 2 is 1.94 bits per heavy atom. The van der Waals surface area contributed by atoms with Crippen LogP contribution in [0.4, 0.5) is 10.1 Å². The first-order valence-corrected chi connectivity index (χ1v) is 5.00. The standard InChI is InChI=1S/C12H9ClFNO/c13-12-8(2-1-3-9(12)14)7-4-5-10(15)11(16)6-7/h1-6,16H,15H2. The molecule has 0 spiro atoms. The van der Waals surface area contributed by atoms with Crippen molar-refractivity contribution in [3.05, 3.63) is 47.2 Å². The average molecular weight is 238 g/mol. The third-order valence-corrected chi connectivity index (χ3v) is 2.68. The lowest BCUT2D eigenvalue weighted by Gasteiger charge is -2.06. The second-order valence-corrected chi connectivity index (χ2v) is 3.75. The number of phenolic OH excluding ortho intramolecular Hbond substituents is 1. The van der Waals surface area contributed by atoms with Gasteiger partial charge < -0.3 is 10.8 Å². The summed E-state index contributed by atoms with van der Waals surface area (Å²) in [5.74, 6) is -0.534. The molecule has 0 aliphatic carbocycles. The van der Waals surface area contributed by atoms with Crippen LogP contribution in [0.5, 0.6) is 5.75 Å². The van der Waals surface area contributed by atoms with Crippen molar-refractivity contribution >= 4 is 17.3 Å². The summed E-state index contributed by atoms with van der Waals surface area (Å²) in [6, 6.07) is 9.20. The Bertz CT molecular complexity index is 543. The summed E-state index contributed by atoms with van der Waals surface area (Å²) in [6.07, 6.45) is 0. The Kier molecular flexibility index (Phi) is 2.71. The van der Waals surface area contributed by atoms with E-state index in [0.29, 0.717) is 11.1 Å². The van der Waals surface area contributed by atoms with Crippen molar-refractivity contribution in [3.63, 3.8) is 0 Å². The van der Waals surface area contributed by atoms with Gasteiger partial charge in [0.15, 0.2) is 0 Å². The van der Waals surface area contributed by atoms with E-state index < -0.39 is 5.82 Å². The fourth-order valence-corrected chi connectivity index (χ4v) is 1.67. The number of anilines is 1. The van der Waals surface area contributed by atoms with Crippen LogP contribution in [0.3, 0.4) is 0 Å². The quantitative estimate of drug-likeness (QED) is 0.590. The van der Waals surface area contributed by atoms with Crippen molar-refractivity contribution < 1.29 is 9.50 Å². The highest BCUT2D eigenvalue weighted by Crippen LogP contribution is 2.33. The molecule has 2 nitrogen and oxygen atoms in total. The first-order valence-electron chi connectivity index (χ1n) is 4.62. The summed E-state index contributed by atoms with van der Waals surface area (Å²) in [6.45, 7) is 0. The molecule has 0 amide bonds. The van der Waals surface area contributed by atoms with E-state index in [1.165, 1.54) is 12.1 Å². The van der Waals surface area contributed by atoms with Crippen molar-refractivity contribution in [2.24, 2.45) is 0 Å². The molecule has 0 heterocycles. The Morgan fingerprint density at radius 1 is 1.19 bits per heavy atom. The van der Waals surface area contributed by atoms with Crippen molar-refractivity contribution in [2.45, 2.75) is 0 Å². The number of phenols is 1. The number of hydrogen-bond donors (Lipinski definition) is 2. The van der Waals surface area contributed by atoms with E-state index in [0.717, 1.165) is 0 Å².